The SMILES string of the molecule is Cc1cccc(C(=O)NNC(=O)CC2CCCCC2)c1O. The van der Waals surface area contributed by atoms with Crippen molar-refractivity contribution in [1.29, 1.82) is 0 Å². The molecular formula is C16H22N2O3. The molecule has 0 heterocycles. The highest BCUT2D eigenvalue weighted by molar-refractivity contribution is 5.98. The van der Waals surface area contributed by atoms with E-state index in [9.17, 15) is 14.7 Å². The first-order chi connectivity index (χ1) is 10.1. The van der Waals surface area contributed by atoms with Crippen LogP contribution in [0.1, 0.15) is 54.4 Å². The van der Waals surface area contributed by atoms with E-state index in [-0.39, 0.29) is 17.2 Å². The number of rotatable bonds is 3. The van der Waals surface area contributed by atoms with E-state index in [0.29, 0.717) is 17.9 Å². The molecular weight excluding hydrogens is 268 g/mol. The number of aryl methyl sites for hydroxylation is 1. The van der Waals surface area contributed by atoms with Gasteiger partial charge in [0.1, 0.15) is 5.75 Å². The summed E-state index contributed by atoms with van der Waals surface area (Å²) < 4.78 is 0. The van der Waals surface area contributed by atoms with Crippen molar-refractivity contribution in [2.24, 2.45) is 5.92 Å². The minimum atomic E-state index is -0.506. The molecule has 1 aromatic carbocycles. The summed E-state index contributed by atoms with van der Waals surface area (Å²) in [6.45, 7) is 1.72. The number of hydrazine groups is 1. The Bertz CT molecular complexity index is 522. The van der Waals surface area contributed by atoms with E-state index >= 15 is 0 Å². The van der Waals surface area contributed by atoms with Gasteiger partial charge in [-0.15, -0.1) is 0 Å². The summed E-state index contributed by atoms with van der Waals surface area (Å²) in [6.07, 6.45) is 6.23. The van der Waals surface area contributed by atoms with Crippen molar-refractivity contribution in [3.63, 3.8) is 0 Å². The van der Waals surface area contributed by atoms with Crippen LogP contribution in [0.4, 0.5) is 0 Å². The zero-order chi connectivity index (χ0) is 15.2. The number of phenols is 1. The third kappa shape index (κ3) is 4.21. The molecule has 0 bridgehead atoms. The Kier molecular flexibility index (Phi) is 5.20. The lowest BCUT2D eigenvalue weighted by Gasteiger charge is -2.20. The monoisotopic (exact) mass is 290 g/mol. The zero-order valence-electron chi connectivity index (χ0n) is 12.3. The fourth-order valence-corrected chi connectivity index (χ4v) is 2.74. The summed E-state index contributed by atoms with van der Waals surface area (Å²) in [5.74, 6) is -0.324. The van der Waals surface area contributed by atoms with Gasteiger partial charge in [-0.05, 0) is 37.3 Å². The number of phenolic OH excluding ortho intramolecular Hbond substituents is 1. The number of amides is 2. The Balaban J connectivity index is 1.83. The van der Waals surface area contributed by atoms with E-state index in [1.54, 1.807) is 19.1 Å². The van der Waals surface area contributed by atoms with Crippen LogP contribution in [0.15, 0.2) is 18.2 Å². The third-order valence-electron chi connectivity index (χ3n) is 4.00. The molecule has 1 aliphatic carbocycles. The predicted octanol–water partition coefficient (Wildman–Crippen LogP) is 2.43. The molecule has 2 rings (SSSR count). The molecule has 0 spiro atoms. The number of nitrogens with one attached hydrogen (secondary N) is 2. The van der Waals surface area contributed by atoms with Crippen molar-refractivity contribution in [1.82, 2.24) is 10.9 Å². The Morgan fingerprint density at radius 3 is 2.62 bits per heavy atom. The molecule has 0 aliphatic heterocycles. The minimum absolute atomic E-state index is 0.0588. The van der Waals surface area contributed by atoms with Crippen LogP contribution in [0.5, 0.6) is 5.75 Å². The van der Waals surface area contributed by atoms with Crippen molar-refractivity contribution in [2.45, 2.75) is 45.4 Å². The molecule has 1 aliphatic rings. The Hall–Kier alpha value is -2.04. The van der Waals surface area contributed by atoms with Crippen LogP contribution in [0.2, 0.25) is 0 Å². The molecule has 0 atom stereocenters. The van der Waals surface area contributed by atoms with Gasteiger partial charge < -0.3 is 5.11 Å². The van der Waals surface area contributed by atoms with Crippen molar-refractivity contribution < 1.29 is 14.7 Å². The molecule has 0 saturated heterocycles. The molecule has 1 fully saturated rings. The van der Waals surface area contributed by atoms with Gasteiger partial charge in [0.25, 0.3) is 5.91 Å². The fraction of sp³-hybridized carbons (Fsp3) is 0.500. The quantitative estimate of drug-likeness (QED) is 0.748. The van der Waals surface area contributed by atoms with E-state index in [4.69, 9.17) is 0 Å². The van der Waals surface area contributed by atoms with Crippen molar-refractivity contribution >= 4 is 11.8 Å². The molecule has 0 aromatic heterocycles. The summed E-state index contributed by atoms with van der Waals surface area (Å²) in [5, 5.41) is 9.82. The van der Waals surface area contributed by atoms with Gasteiger partial charge in [0.05, 0.1) is 5.56 Å². The maximum Gasteiger partial charge on any atom is 0.273 e. The number of hydrogen-bond acceptors (Lipinski definition) is 3. The predicted molar refractivity (Wildman–Crippen MR) is 79.6 cm³/mol. The van der Waals surface area contributed by atoms with Gasteiger partial charge in [-0.3, -0.25) is 20.4 Å². The van der Waals surface area contributed by atoms with Crippen LogP contribution in [-0.4, -0.2) is 16.9 Å². The zero-order valence-corrected chi connectivity index (χ0v) is 12.3. The summed E-state index contributed by atoms with van der Waals surface area (Å²) in [4.78, 5) is 23.7. The van der Waals surface area contributed by atoms with Crippen molar-refractivity contribution in [3.05, 3.63) is 29.3 Å². The highest BCUT2D eigenvalue weighted by Gasteiger charge is 2.18. The van der Waals surface area contributed by atoms with E-state index < -0.39 is 5.91 Å². The van der Waals surface area contributed by atoms with Gasteiger partial charge >= 0.3 is 0 Å². The highest BCUT2D eigenvalue weighted by atomic mass is 16.3. The summed E-state index contributed by atoms with van der Waals surface area (Å²) in [7, 11) is 0. The lowest BCUT2D eigenvalue weighted by atomic mass is 9.87. The summed E-state index contributed by atoms with van der Waals surface area (Å²) >= 11 is 0. The molecule has 114 valence electrons. The Morgan fingerprint density at radius 1 is 1.19 bits per heavy atom. The average Bonchev–Trinajstić information content (AvgIpc) is 2.48. The van der Waals surface area contributed by atoms with E-state index in [0.717, 1.165) is 12.8 Å². The van der Waals surface area contributed by atoms with E-state index in [1.807, 2.05) is 0 Å². The fourth-order valence-electron chi connectivity index (χ4n) is 2.74. The summed E-state index contributed by atoms with van der Waals surface area (Å²) in [5.41, 5.74) is 5.56. The van der Waals surface area contributed by atoms with Crippen LogP contribution in [0.3, 0.4) is 0 Å². The molecule has 0 unspecified atom stereocenters. The number of carbonyl (C=O) groups is 2. The number of benzene rings is 1. The molecule has 1 aromatic rings. The Labute approximate surface area is 124 Å². The van der Waals surface area contributed by atoms with Gasteiger partial charge in [0, 0.05) is 6.42 Å². The lowest BCUT2D eigenvalue weighted by Crippen LogP contribution is -2.42. The third-order valence-corrected chi connectivity index (χ3v) is 4.00. The largest absolute Gasteiger partial charge is 0.507 e. The molecule has 2 amide bonds. The van der Waals surface area contributed by atoms with Gasteiger partial charge in [-0.1, -0.05) is 31.4 Å². The number of aromatic hydroxyl groups is 1. The van der Waals surface area contributed by atoms with Crippen LogP contribution in [0.25, 0.3) is 0 Å². The lowest BCUT2D eigenvalue weighted by molar-refractivity contribution is -0.123. The van der Waals surface area contributed by atoms with Gasteiger partial charge in [0.15, 0.2) is 0 Å². The van der Waals surface area contributed by atoms with E-state index in [2.05, 4.69) is 10.9 Å². The maximum absolute atomic E-state index is 11.9. The normalized spacial score (nSPS) is 15.5. The van der Waals surface area contributed by atoms with Crippen LogP contribution < -0.4 is 10.9 Å². The first-order valence-corrected chi connectivity index (χ1v) is 7.45. The van der Waals surface area contributed by atoms with Crippen molar-refractivity contribution in [2.75, 3.05) is 0 Å². The Morgan fingerprint density at radius 2 is 1.90 bits per heavy atom. The number of hydrogen-bond donors (Lipinski definition) is 3. The molecule has 5 heteroatoms. The van der Waals surface area contributed by atoms with Gasteiger partial charge in [-0.2, -0.15) is 0 Å². The maximum atomic E-state index is 11.9. The van der Waals surface area contributed by atoms with Crippen LogP contribution in [0, 0.1) is 12.8 Å². The van der Waals surface area contributed by atoms with Gasteiger partial charge in [-0.25, -0.2) is 0 Å². The van der Waals surface area contributed by atoms with Crippen molar-refractivity contribution in [3.8, 4) is 5.75 Å². The van der Waals surface area contributed by atoms with Gasteiger partial charge in [0.2, 0.25) is 5.91 Å². The standard InChI is InChI=1S/C16H22N2O3/c1-11-6-5-9-13(15(11)20)16(21)18-17-14(19)10-12-7-3-2-4-8-12/h5-6,9,12,20H,2-4,7-8,10H2,1H3,(H,17,19)(H,18,21). The smallest absolute Gasteiger partial charge is 0.273 e. The van der Waals surface area contributed by atoms with Crippen LogP contribution >= 0.6 is 0 Å². The second-order valence-electron chi connectivity index (χ2n) is 5.68. The summed E-state index contributed by atoms with van der Waals surface area (Å²) in [6, 6.07) is 4.92. The van der Waals surface area contributed by atoms with E-state index in [1.165, 1.54) is 25.3 Å². The van der Waals surface area contributed by atoms with Crippen LogP contribution in [-0.2, 0) is 4.79 Å². The average molecular weight is 290 g/mol. The topological polar surface area (TPSA) is 78.4 Å². The minimum Gasteiger partial charge on any atom is -0.507 e. The first-order valence-electron chi connectivity index (χ1n) is 7.45. The molecule has 0 radical (unpaired) electrons. The first kappa shape index (κ1) is 15.4. The number of carbonyl (C=O) groups excluding carboxylic acids is 2. The molecule has 1 saturated carbocycles. The molecule has 21 heavy (non-hydrogen) atoms. The number of para-hydroxylation sites is 1. The molecule has 5 nitrogen and oxygen atoms in total. The molecule has 3 N–H and O–H groups in total. The highest BCUT2D eigenvalue weighted by Crippen LogP contribution is 2.26. The second kappa shape index (κ2) is 7.11. The second-order valence-corrected chi connectivity index (χ2v) is 5.68.